The molecule has 0 aromatic carbocycles. The highest BCUT2D eigenvalue weighted by Crippen LogP contribution is 2.45. The van der Waals surface area contributed by atoms with Crippen LogP contribution in [0.5, 0.6) is 0 Å². The van der Waals surface area contributed by atoms with Gasteiger partial charge >= 0.3 is 6.09 Å². The number of nitrogens with zero attached hydrogens (tertiary/aromatic N) is 2. The topological polar surface area (TPSA) is 42.4 Å². The number of methoxy groups -OCH3 is 1. The van der Waals surface area contributed by atoms with Crippen molar-refractivity contribution in [2.45, 2.75) is 25.3 Å². The van der Waals surface area contributed by atoms with Gasteiger partial charge in [0.1, 0.15) is 0 Å². The van der Waals surface area contributed by atoms with Gasteiger partial charge < -0.3 is 9.64 Å². The van der Waals surface area contributed by atoms with E-state index in [9.17, 15) is 4.79 Å². The van der Waals surface area contributed by atoms with Crippen molar-refractivity contribution < 1.29 is 9.53 Å². The Bertz CT molecular complexity index is 492. The number of likely N-dealkylation sites (tertiary alicyclic amines) is 1. The van der Waals surface area contributed by atoms with Crippen LogP contribution in [0.25, 0.3) is 0 Å². The molecule has 0 saturated carbocycles. The number of hydrogen-bond acceptors (Lipinski definition) is 3. The van der Waals surface area contributed by atoms with Gasteiger partial charge in [-0.2, -0.15) is 0 Å². The lowest BCUT2D eigenvalue weighted by molar-refractivity contribution is 0.112. The van der Waals surface area contributed by atoms with E-state index >= 15 is 0 Å². The molecular formula is C13H15BrN2O2. The van der Waals surface area contributed by atoms with Gasteiger partial charge in [0.25, 0.3) is 0 Å². The molecule has 2 unspecified atom stereocenters. The van der Waals surface area contributed by atoms with E-state index in [1.807, 2.05) is 11.1 Å². The molecule has 1 fully saturated rings. The highest BCUT2D eigenvalue weighted by atomic mass is 79.9. The number of ether oxygens (including phenoxy) is 1. The summed E-state index contributed by atoms with van der Waals surface area (Å²) in [5, 5.41) is 0. The molecule has 5 heteroatoms. The van der Waals surface area contributed by atoms with Gasteiger partial charge in [-0.25, -0.2) is 4.79 Å². The predicted octanol–water partition coefficient (Wildman–Crippen LogP) is 2.92. The van der Waals surface area contributed by atoms with Crippen molar-refractivity contribution in [1.29, 1.82) is 0 Å². The van der Waals surface area contributed by atoms with E-state index in [1.54, 1.807) is 0 Å². The van der Waals surface area contributed by atoms with E-state index in [4.69, 9.17) is 4.74 Å². The first-order valence-corrected chi connectivity index (χ1v) is 6.99. The number of hydrogen-bond donors (Lipinski definition) is 0. The average Bonchev–Trinajstić information content (AvgIpc) is 2.82. The summed E-state index contributed by atoms with van der Waals surface area (Å²) in [6.07, 6.45) is 4.79. The smallest absolute Gasteiger partial charge is 0.410 e. The lowest BCUT2D eigenvalue weighted by atomic mass is 9.82. The van der Waals surface area contributed by atoms with Gasteiger partial charge in [-0.3, -0.25) is 4.98 Å². The second-order valence-electron chi connectivity index (χ2n) is 4.89. The van der Waals surface area contributed by atoms with E-state index in [0.29, 0.717) is 5.92 Å². The third-order valence-electron chi connectivity index (χ3n) is 3.97. The fourth-order valence-electron chi connectivity index (χ4n) is 3.17. The Morgan fingerprint density at radius 3 is 3.17 bits per heavy atom. The maximum Gasteiger partial charge on any atom is 0.410 e. The lowest BCUT2D eigenvalue weighted by Crippen LogP contribution is -2.34. The largest absolute Gasteiger partial charge is 0.453 e. The number of aromatic nitrogens is 1. The summed E-state index contributed by atoms with van der Waals surface area (Å²) >= 11 is 3.46. The maximum atomic E-state index is 11.8. The third kappa shape index (κ3) is 1.81. The normalized spacial score (nSPS) is 25.6. The van der Waals surface area contributed by atoms with Crippen molar-refractivity contribution in [3.63, 3.8) is 0 Å². The van der Waals surface area contributed by atoms with Crippen LogP contribution in [0.3, 0.4) is 0 Å². The number of amides is 1. The van der Waals surface area contributed by atoms with E-state index in [1.165, 1.54) is 12.7 Å². The second kappa shape index (κ2) is 4.53. The zero-order chi connectivity index (χ0) is 12.7. The summed E-state index contributed by atoms with van der Waals surface area (Å²) in [5.41, 5.74) is 2.30. The second-order valence-corrected chi connectivity index (χ2v) is 5.80. The molecule has 3 rings (SSSR count). The molecule has 0 spiro atoms. The fraction of sp³-hybridized carbons (Fsp3) is 0.538. The Morgan fingerprint density at radius 1 is 1.56 bits per heavy atom. The van der Waals surface area contributed by atoms with Gasteiger partial charge in [-0.05, 0) is 52.7 Å². The summed E-state index contributed by atoms with van der Waals surface area (Å²) < 4.78 is 5.85. The summed E-state index contributed by atoms with van der Waals surface area (Å²) in [4.78, 5) is 18.2. The molecule has 1 aliphatic carbocycles. The van der Waals surface area contributed by atoms with E-state index < -0.39 is 0 Å². The van der Waals surface area contributed by atoms with E-state index in [2.05, 4.69) is 27.0 Å². The van der Waals surface area contributed by atoms with Crippen LogP contribution in [-0.2, 0) is 11.2 Å². The molecule has 1 aromatic rings. The standard InChI is InChI=1S/C13H15BrN2O2/c1-18-13(17)16-5-4-8-2-3-11-10(12(8)16)6-9(14)7-15-11/h6-8,12H,2-5H2,1H3. The van der Waals surface area contributed by atoms with E-state index in [0.717, 1.165) is 36.0 Å². The maximum absolute atomic E-state index is 11.8. The first-order valence-electron chi connectivity index (χ1n) is 6.19. The molecule has 2 atom stereocenters. The third-order valence-corrected chi connectivity index (χ3v) is 4.41. The SMILES string of the molecule is COC(=O)N1CCC2CCc3ncc(Br)cc3C21. The summed E-state index contributed by atoms with van der Waals surface area (Å²) in [7, 11) is 1.44. The van der Waals surface area contributed by atoms with Crippen LogP contribution in [0.4, 0.5) is 4.79 Å². The van der Waals surface area contributed by atoms with Crippen molar-refractivity contribution in [2.75, 3.05) is 13.7 Å². The van der Waals surface area contributed by atoms with Gasteiger partial charge in [0, 0.05) is 22.9 Å². The highest BCUT2D eigenvalue weighted by molar-refractivity contribution is 9.10. The summed E-state index contributed by atoms with van der Waals surface area (Å²) in [5.74, 6) is 0.549. The first kappa shape index (κ1) is 12.0. The van der Waals surface area contributed by atoms with Crippen molar-refractivity contribution >= 4 is 22.0 Å². The highest BCUT2D eigenvalue weighted by Gasteiger charge is 2.42. The molecule has 1 aliphatic heterocycles. The predicted molar refractivity (Wildman–Crippen MR) is 70.2 cm³/mol. The van der Waals surface area contributed by atoms with Crippen LogP contribution in [0.15, 0.2) is 16.7 Å². The minimum atomic E-state index is -0.227. The van der Waals surface area contributed by atoms with Gasteiger partial charge in [0.05, 0.1) is 13.2 Å². The Balaban J connectivity index is 2.02. The Morgan fingerprint density at radius 2 is 2.39 bits per heavy atom. The molecular weight excluding hydrogens is 296 g/mol. The number of carbonyl (C=O) groups is 1. The minimum absolute atomic E-state index is 0.145. The lowest BCUT2D eigenvalue weighted by Gasteiger charge is -2.32. The minimum Gasteiger partial charge on any atom is -0.453 e. The van der Waals surface area contributed by atoms with Gasteiger partial charge in [-0.1, -0.05) is 0 Å². The van der Waals surface area contributed by atoms with Gasteiger partial charge in [-0.15, -0.1) is 0 Å². The number of carbonyl (C=O) groups excluding carboxylic acids is 1. The van der Waals surface area contributed by atoms with Crippen LogP contribution in [-0.4, -0.2) is 29.6 Å². The van der Waals surface area contributed by atoms with E-state index in [-0.39, 0.29) is 12.1 Å². The van der Waals surface area contributed by atoms with Crippen molar-refractivity contribution in [1.82, 2.24) is 9.88 Å². The van der Waals surface area contributed by atoms with Crippen molar-refractivity contribution in [3.05, 3.63) is 28.0 Å². The van der Waals surface area contributed by atoms with Crippen LogP contribution in [0.1, 0.15) is 30.1 Å². The molecule has 0 radical (unpaired) electrons. The number of aryl methyl sites for hydroxylation is 1. The zero-order valence-corrected chi connectivity index (χ0v) is 11.8. The summed E-state index contributed by atoms with van der Waals surface area (Å²) in [6.45, 7) is 0.786. The molecule has 18 heavy (non-hydrogen) atoms. The Labute approximate surface area is 114 Å². The fourth-order valence-corrected chi connectivity index (χ4v) is 3.52. The molecule has 2 aliphatic rings. The Kier molecular flexibility index (Phi) is 3.01. The molecule has 1 saturated heterocycles. The van der Waals surface area contributed by atoms with Gasteiger partial charge in [0.15, 0.2) is 0 Å². The van der Waals surface area contributed by atoms with Crippen LogP contribution in [0, 0.1) is 5.92 Å². The quantitative estimate of drug-likeness (QED) is 0.740. The monoisotopic (exact) mass is 310 g/mol. The number of pyridine rings is 1. The Hall–Kier alpha value is -1.10. The average molecular weight is 311 g/mol. The molecule has 0 bridgehead atoms. The first-order chi connectivity index (χ1) is 8.70. The van der Waals surface area contributed by atoms with Crippen LogP contribution < -0.4 is 0 Å². The molecule has 1 amide bonds. The van der Waals surface area contributed by atoms with Crippen LogP contribution >= 0.6 is 15.9 Å². The van der Waals surface area contributed by atoms with Crippen molar-refractivity contribution in [2.24, 2.45) is 5.92 Å². The number of halogens is 1. The van der Waals surface area contributed by atoms with Crippen LogP contribution in [0.2, 0.25) is 0 Å². The molecule has 0 N–H and O–H groups in total. The zero-order valence-electron chi connectivity index (χ0n) is 10.2. The molecule has 2 heterocycles. The molecule has 96 valence electrons. The molecule has 1 aromatic heterocycles. The van der Waals surface area contributed by atoms with Crippen molar-refractivity contribution in [3.8, 4) is 0 Å². The number of rotatable bonds is 0. The molecule has 4 nitrogen and oxygen atoms in total. The van der Waals surface area contributed by atoms with Gasteiger partial charge in [0.2, 0.25) is 0 Å². The summed E-state index contributed by atoms with van der Waals surface area (Å²) in [6, 6.07) is 2.24. The number of fused-ring (bicyclic) bond motifs is 3.